The largest absolute Gasteiger partial charge is 0.392 e. The first-order valence-electron chi connectivity index (χ1n) is 16.1. The van der Waals surface area contributed by atoms with Gasteiger partial charge in [0.05, 0.1) is 12.0 Å². The number of aryl methyl sites for hydroxylation is 1. The Morgan fingerprint density at radius 1 is 0.978 bits per heavy atom. The van der Waals surface area contributed by atoms with E-state index in [0.29, 0.717) is 55.2 Å². The lowest BCUT2D eigenvalue weighted by atomic mass is 9.79. The van der Waals surface area contributed by atoms with Gasteiger partial charge in [-0.25, -0.2) is 8.78 Å². The second-order valence-corrected chi connectivity index (χ2v) is 12.8. The number of aliphatic hydroxyl groups is 1. The Bertz CT molecular complexity index is 1520. The Balaban J connectivity index is 1.61. The number of piperidine rings is 1. The van der Waals surface area contributed by atoms with Crippen molar-refractivity contribution in [1.82, 2.24) is 9.80 Å². The summed E-state index contributed by atoms with van der Waals surface area (Å²) in [6, 6.07) is 15.4. The van der Waals surface area contributed by atoms with Crippen molar-refractivity contribution in [3.05, 3.63) is 105 Å². The number of amides is 2. The molecule has 1 fully saturated rings. The number of aliphatic hydroxyl groups excluding tert-OH is 1. The van der Waals surface area contributed by atoms with Crippen LogP contribution < -0.4 is 0 Å². The van der Waals surface area contributed by atoms with Gasteiger partial charge in [0.25, 0.3) is 5.91 Å². The third-order valence-electron chi connectivity index (χ3n) is 8.52. The van der Waals surface area contributed by atoms with E-state index in [2.05, 4.69) is 0 Å². The molecule has 0 bridgehead atoms. The maximum absolute atomic E-state index is 14.2. The molecule has 1 N–H and O–H groups in total. The zero-order chi connectivity index (χ0) is 33.4. The number of carbonyl (C=O) groups is 3. The number of ketones is 1. The zero-order valence-electron chi connectivity index (χ0n) is 26.8. The average molecular weight is 653 g/mol. The quantitative estimate of drug-likeness (QED) is 0.184. The van der Waals surface area contributed by atoms with Gasteiger partial charge >= 0.3 is 0 Å². The summed E-state index contributed by atoms with van der Waals surface area (Å²) in [5, 5.41) is 12.3. The van der Waals surface area contributed by atoms with Crippen molar-refractivity contribution in [2.75, 3.05) is 19.6 Å². The highest BCUT2D eigenvalue weighted by atomic mass is 35.5. The summed E-state index contributed by atoms with van der Waals surface area (Å²) in [7, 11) is 0. The molecule has 1 heterocycles. The number of likely N-dealkylation sites (tertiary alicyclic amines) is 1. The molecule has 4 rings (SSSR count). The maximum atomic E-state index is 14.2. The fraction of sp³-hybridized carbons (Fsp3) is 0.432. The fourth-order valence-corrected chi connectivity index (χ4v) is 6.65. The van der Waals surface area contributed by atoms with E-state index in [4.69, 9.17) is 11.6 Å². The third kappa shape index (κ3) is 9.23. The maximum Gasteiger partial charge on any atom is 0.253 e. The Hall–Kier alpha value is -3.62. The summed E-state index contributed by atoms with van der Waals surface area (Å²) in [4.78, 5) is 44.4. The molecule has 46 heavy (non-hydrogen) atoms. The molecule has 246 valence electrons. The molecular formula is C37H43ClF2N2O4. The number of carbonyl (C=O) groups excluding carboxylic acids is 3. The Morgan fingerprint density at radius 2 is 1.65 bits per heavy atom. The van der Waals surface area contributed by atoms with Gasteiger partial charge in [0.15, 0.2) is 5.78 Å². The van der Waals surface area contributed by atoms with E-state index in [1.165, 1.54) is 12.1 Å². The number of benzene rings is 3. The highest BCUT2D eigenvalue weighted by Crippen LogP contribution is 2.31. The minimum atomic E-state index is -1.25. The number of halogens is 3. The first-order valence-corrected chi connectivity index (χ1v) is 16.5. The van der Waals surface area contributed by atoms with Crippen LogP contribution in [0.25, 0.3) is 0 Å². The number of nitrogens with zero attached hydrogens (tertiary/aromatic N) is 2. The van der Waals surface area contributed by atoms with Crippen LogP contribution in [0.15, 0.2) is 60.7 Å². The van der Waals surface area contributed by atoms with Gasteiger partial charge in [-0.3, -0.25) is 14.4 Å². The average Bonchev–Trinajstić information content (AvgIpc) is 3.00. The molecule has 3 atom stereocenters. The fourth-order valence-electron chi connectivity index (χ4n) is 6.43. The van der Waals surface area contributed by atoms with Crippen LogP contribution in [-0.2, 0) is 17.8 Å². The second kappa shape index (κ2) is 16.3. The molecule has 0 spiro atoms. The van der Waals surface area contributed by atoms with Crippen LogP contribution in [0, 0.1) is 30.4 Å². The molecule has 3 aromatic carbocycles. The first kappa shape index (κ1) is 35.2. The SMILES string of the molecule is CCCN(CCC)C(=O)c1cc(C)cc(C(=O)C[C@@H](Cc2cc(F)cc(F)c2)[C@H](O)[C@@H]2CCCN(Cc3cccc(Cl)c3)C2=O)c1. The highest BCUT2D eigenvalue weighted by molar-refractivity contribution is 6.30. The predicted molar refractivity (Wildman–Crippen MR) is 176 cm³/mol. The number of rotatable bonds is 14. The molecule has 0 unspecified atom stereocenters. The van der Waals surface area contributed by atoms with Crippen molar-refractivity contribution < 1.29 is 28.3 Å². The lowest BCUT2D eigenvalue weighted by molar-refractivity contribution is -0.145. The van der Waals surface area contributed by atoms with Crippen LogP contribution >= 0.6 is 11.6 Å². The minimum absolute atomic E-state index is 0.0158. The molecule has 0 aromatic heterocycles. The van der Waals surface area contributed by atoms with Crippen molar-refractivity contribution >= 4 is 29.2 Å². The highest BCUT2D eigenvalue weighted by Gasteiger charge is 2.38. The number of hydrogen-bond donors (Lipinski definition) is 1. The van der Waals surface area contributed by atoms with Crippen molar-refractivity contribution in [2.24, 2.45) is 11.8 Å². The minimum Gasteiger partial charge on any atom is -0.392 e. The molecule has 1 aliphatic rings. The lowest BCUT2D eigenvalue weighted by Gasteiger charge is -2.37. The summed E-state index contributed by atoms with van der Waals surface area (Å²) < 4.78 is 28.3. The van der Waals surface area contributed by atoms with E-state index in [9.17, 15) is 28.3 Å². The summed E-state index contributed by atoms with van der Waals surface area (Å²) in [6.45, 7) is 7.87. The summed E-state index contributed by atoms with van der Waals surface area (Å²) in [6.07, 6.45) is 1.24. The van der Waals surface area contributed by atoms with Gasteiger partial charge in [-0.2, -0.15) is 0 Å². The molecule has 1 aliphatic heterocycles. The van der Waals surface area contributed by atoms with Gasteiger partial charge in [0.2, 0.25) is 5.91 Å². The van der Waals surface area contributed by atoms with E-state index in [0.717, 1.165) is 30.0 Å². The molecule has 0 radical (unpaired) electrons. The topological polar surface area (TPSA) is 77.9 Å². The second-order valence-electron chi connectivity index (χ2n) is 12.4. The molecule has 1 saturated heterocycles. The zero-order valence-corrected chi connectivity index (χ0v) is 27.5. The monoisotopic (exact) mass is 652 g/mol. The molecule has 6 nitrogen and oxygen atoms in total. The summed E-state index contributed by atoms with van der Waals surface area (Å²) in [5.74, 6) is -3.85. The molecule has 0 saturated carbocycles. The van der Waals surface area contributed by atoms with E-state index in [1.54, 1.807) is 40.1 Å². The van der Waals surface area contributed by atoms with Crippen molar-refractivity contribution in [1.29, 1.82) is 0 Å². The number of hydrogen-bond acceptors (Lipinski definition) is 4. The van der Waals surface area contributed by atoms with E-state index in [-0.39, 0.29) is 36.0 Å². The summed E-state index contributed by atoms with van der Waals surface area (Å²) >= 11 is 6.15. The smallest absolute Gasteiger partial charge is 0.253 e. The Kier molecular flexibility index (Phi) is 12.5. The van der Waals surface area contributed by atoms with Gasteiger partial charge in [-0.1, -0.05) is 37.6 Å². The van der Waals surface area contributed by atoms with Crippen molar-refractivity contribution in [3.8, 4) is 0 Å². The van der Waals surface area contributed by atoms with Crippen LogP contribution in [0.5, 0.6) is 0 Å². The standard InChI is InChI=1S/C37H43ClF2N2O4/c1-4-11-41(12-5-2)36(45)29-15-24(3)14-27(20-29)34(43)21-28(16-26-18-31(39)22-32(40)19-26)35(44)33-10-7-13-42(37(33)46)23-25-8-6-9-30(38)17-25/h6,8-9,14-15,17-20,22,28,33,35,44H,4-5,7,10-13,16,21,23H2,1-3H3/t28-,33+,35+/m1/s1. The molecule has 0 aliphatic carbocycles. The number of Topliss-reactive ketones (excluding diaryl/α,β-unsaturated/α-hetero) is 1. The Labute approximate surface area is 275 Å². The van der Waals surface area contributed by atoms with Gasteiger partial charge in [0.1, 0.15) is 11.6 Å². The third-order valence-corrected chi connectivity index (χ3v) is 8.75. The van der Waals surface area contributed by atoms with Crippen LogP contribution in [-0.4, -0.2) is 58.2 Å². The van der Waals surface area contributed by atoms with Crippen molar-refractivity contribution in [3.63, 3.8) is 0 Å². The first-order chi connectivity index (χ1) is 22.0. The van der Waals surface area contributed by atoms with Crippen LogP contribution in [0.2, 0.25) is 5.02 Å². The molecule has 9 heteroatoms. The Morgan fingerprint density at radius 3 is 2.30 bits per heavy atom. The van der Waals surface area contributed by atoms with Gasteiger partial charge in [-0.15, -0.1) is 0 Å². The summed E-state index contributed by atoms with van der Waals surface area (Å²) in [5.41, 5.74) is 2.61. The predicted octanol–water partition coefficient (Wildman–Crippen LogP) is 7.42. The van der Waals surface area contributed by atoms with Crippen LogP contribution in [0.1, 0.15) is 83.4 Å². The normalized spacial score (nSPS) is 16.3. The molecule has 3 aromatic rings. The molecular weight excluding hydrogens is 610 g/mol. The van der Waals surface area contributed by atoms with E-state index >= 15 is 0 Å². The van der Waals surface area contributed by atoms with E-state index < -0.39 is 29.6 Å². The van der Waals surface area contributed by atoms with Gasteiger partial charge in [-0.05, 0) is 104 Å². The van der Waals surface area contributed by atoms with Crippen LogP contribution in [0.3, 0.4) is 0 Å². The van der Waals surface area contributed by atoms with Crippen LogP contribution in [0.4, 0.5) is 8.78 Å². The van der Waals surface area contributed by atoms with Crippen molar-refractivity contribution in [2.45, 2.75) is 71.9 Å². The van der Waals surface area contributed by atoms with Gasteiger partial charge in [0, 0.05) is 54.8 Å². The van der Waals surface area contributed by atoms with Gasteiger partial charge < -0.3 is 14.9 Å². The van der Waals surface area contributed by atoms with E-state index in [1.807, 2.05) is 32.9 Å². The molecule has 2 amide bonds. The lowest BCUT2D eigenvalue weighted by Crippen LogP contribution is -2.47.